The lowest BCUT2D eigenvalue weighted by atomic mass is 10.2. The number of nitrogens with two attached hydrogens (primary N) is 1. The molecule has 0 heterocycles. The summed E-state index contributed by atoms with van der Waals surface area (Å²) in [5, 5.41) is 4.87. The minimum absolute atomic E-state index is 0.252. The van der Waals surface area contributed by atoms with Crippen LogP contribution in [0.5, 0.6) is 0 Å². The van der Waals surface area contributed by atoms with Crippen molar-refractivity contribution in [3.8, 4) is 0 Å². The van der Waals surface area contributed by atoms with Crippen molar-refractivity contribution >= 4 is 11.9 Å². The lowest BCUT2D eigenvalue weighted by molar-refractivity contribution is 0.0954. The van der Waals surface area contributed by atoms with Crippen LogP contribution in [-0.2, 0) is 0 Å². The molecule has 0 spiro atoms. The van der Waals surface area contributed by atoms with Gasteiger partial charge in [-0.2, -0.15) is 0 Å². The number of carbonyl (C=O) groups is 2. The molecule has 0 unspecified atom stereocenters. The summed E-state index contributed by atoms with van der Waals surface area (Å²) in [5.74, 6) is -0.724. The van der Waals surface area contributed by atoms with Crippen LogP contribution in [0.1, 0.15) is 10.4 Å². The molecule has 0 aromatic heterocycles. The Morgan fingerprint density at radius 3 is 2.25 bits per heavy atom. The normalized spacial score (nSPS) is 9.56. The first kappa shape index (κ1) is 12.0. The quantitative estimate of drug-likeness (QED) is 0.640. The van der Waals surface area contributed by atoms with Gasteiger partial charge in [0, 0.05) is 18.7 Å². The van der Waals surface area contributed by atoms with Gasteiger partial charge >= 0.3 is 6.03 Å². The fourth-order valence-electron chi connectivity index (χ4n) is 1.07. The van der Waals surface area contributed by atoms with Gasteiger partial charge in [0.25, 0.3) is 5.91 Å². The van der Waals surface area contributed by atoms with Crippen LogP contribution >= 0.6 is 0 Å². The van der Waals surface area contributed by atoms with Crippen LogP contribution in [0.4, 0.5) is 9.18 Å². The molecule has 0 bridgehead atoms. The molecule has 86 valence electrons. The highest BCUT2D eigenvalue weighted by atomic mass is 19.1. The van der Waals surface area contributed by atoms with E-state index >= 15 is 0 Å². The van der Waals surface area contributed by atoms with Gasteiger partial charge in [0.15, 0.2) is 0 Å². The minimum Gasteiger partial charge on any atom is -0.352 e. The Hall–Kier alpha value is -2.11. The standard InChI is InChI=1S/C10H12FN3O2/c11-8-3-1-7(2-4-8)9(15)13-5-6-14-10(12)16/h1-4H,5-6H2,(H,13,15)(H3,12,14,16). The highest BCUT2D eigenvalue weighted by molar-refractivity contribution is 5.94. The number of nitrogens with one attached hydrogen (secondary N) is 2. The van der Waals surface area contributed by atoms with Crippen LogP contribution in [0.25, 0.3) is 0 Å². The van der Waals surface area contributed by atoms with E-state index in [4.69, 9.17) is 5.73 Å². The molecule has 1 aromatic rings. The monoisotopic (exact) mass is 225 g/mol. The fraction of sp³-hybridized carbons (Fsp3) is 0.200. The zero-order chi connectivity index (χ0) is 12.0. The molecular weight excluding hydrogens is 213 g/mol. The Bertz CT molecular complexity index is 378. The van der Waals surface area contributed by atoms with E-state index < -0.39 is 11.8 Å². The number of rotatable bonds is 4. The van der Waals surface area contributed by atoms with E-state index in [-0.39, 0.29) is 19.0 Å². The highest BCUT2D eigenvalue weighted by Crippen LogP contribution is 2.01. The maximum absolute atomic E-state index is 12.6. The second-order valence-corrected chi connectivity index (χ2v) is 3.05. The summed E-state index contributed by atoms with van der Waals surface area (Å²) in [4.78, 5) is 21.7. The zero-order valence-corrected chi connectivity index (χ0v) is 8.50. The SMILES string of the molecule is NC(=O)NCCNC(=O)c1ccc(F)cc1. The van der Waals surface area contributed by atoms with Crippen molar-refractivity contribution in [2.24, 2.45) is 5.73 Å². The van der Waals surface area contributed by atoms with Gasteiger partial charge in [-0.15, -0.1) is 0 Å². The van der Waals surface area contributed by atoms with Crippen molar-refractivity contribution < 1.29 is 14.0 Å². The van der Waals surface area contributed by atoms with E-state index in [1.54, 1.807) is 0 Å². The first-order valence-corrected chi connectivity index (χ1v) is 4.66. The molecule has 1 aromatic carbocycles. The highest BCUT2D eigenvalue weighted by Gasteiger charge is 2.04. The Kier molecular flexibility index (Phi) is 4.26. The molecular formula is C10H12FN3O2. The molecule has 6 heteroatoms. The zero-order valence-electron chi connectivity index (χ0n) is 8.50. The molecule has 3 amide bonds. The summed E-state index contributed by atoms with van der Waals surface area (Å²) in [5.41, 5.74) is 5.19. The fourth-order valence-corrected chi connectivity index (χ4v) is 1.07. The topological polar surface area (TPSA) is 84.2 Å². The molecule has 0 aliphatic heterocycles. The number of benzene rings is 1. The van der Waals surface area contributed by atoms with Gasteiger partial charge < -0.3 is 16.4 Å². The van der Waals surface area contributed by atoms with E-state index in [0.29, 0.717) is 5.56 Å². The Morgan fingerprint density at radius 2 is 1.69 bits per heavy atom. The number of carbonyl (C=O) groups excluding carboxylic acids is 2. The van der Waals surface area contributed by atoms with Crippen molar-refractivity contribution in [1.82, 2.24) is 10.6 Å². The van der Waals surface area contributed by atoms with Gasteiger partial charge in [-0.1, -0.05) is 0 Å². The van der Waals surface area contributed by atoms with E-state index in [0.717, 1.165) is 0 Å². The van der Waals surface area contributed by atoms with Crippen LogP contribution in [0, 0.1) is 5.82 Å². The van der Waals surface area contributed by atoms with Gasteiger partial charge in [-0.3, -0.25) is 4.79 Å². The first-order valence-electron chi connectivity index (χ1n) is 4.66. The largest absolute Gasteiger partial charge is 0.352 e. The van der Waals surface area contributed by atoms with E-state index in [1.807, 2.05) is 0 Å². The van der Waals surface area contributed by atoms with Crippen molar-refractivity contribution in [3.05, 3.63) is 35.6 Å². The van der Waals surface area contributed by atoms with Gasteiger partial charge in [0.2, 0.25) is 0 Å². The first-order chi connectivity index (χ1) is 7.59. The summed E-state index contributed by atoms with van der Waals surface area (Å²) in [7, 11) is 0. The van der Waals surface area contributed by atoms with Crippen LogP contribution < -0.4 is 16.4 Å². The molecule has 5 nitrogen and oxygen atoms in total. The molecule has 16 heavy (non-hydrogen) atoms. The second-order valence-electron chi connectivity index (χ2n) is 3.05. The Balaban J connectivity index is 2.35. The van der Waals surface area contributed by atoms with Crippen molar-refractivity contribution in [2.75, 3.05) is 13.1 Å². The molecule has 0 aliphatic carbocycles. The van der Waals surface area contributed by atoms with E-state index in [9.17, 15) is 14.0 Å². The lowest BCUT2D eigenvalue weighted by Crippen LogP contribution is -2.37. The third kappa shape index (κ3) is 3.95. The Labute approximate surface area is 91.8 Å². The number of urea groups is 1. The van der Waals surface area contributed by atoms with Crippen LogP contribution in [0.2, 0.25) is 0 Å². The molecule has 0 radical (unpaired) electrons. The number of amides is 3. The summed E-state index contributed by atoms with van der Waals surface area (Å²) >= 11 is 0. The van der Waals surface area contributed by atoms with Crippen LogP contribution in [0.3, 0.4) is 0 Å². The van der Waals surface area contributed by atoms with Crippen molar-refractivity contribution in [2.45, 2.75) is 0 Å². The number of primary amides is 1. The molecule has 0 atom stereocenters. The van der Waals surface area contributed by atoms with Crippen molar-refractivity contribution in [3.63, 3.8) is 0 Å². The third-order valence-electron chi connectivity index (χ3n) is 1.82. The maximum Gasteiger partial charge on any atom is 0.312 e. The van der Waals surface area contributed by atoms with Gasteiger partial charge in [0.1, 0.15) is 5.82 Å². The molecule has 4 N–H and O–H groups in total. The molecule has 0 fully saturated rings. The van der Waals surface area contributed by atoms with Gasteiger partial charge in [-0.25, -0.2) is 9.18 Å². The molecule has 1 rings (SSSR count). The maximum atomic E-state index is 12.6. The predicted molar refractivity (Wildman–Crippen MR) is 56.3 cm³/mol. The lowest BCUT2D eigenvalue weighted by Gasteiger charge is -2.05. The average Bonchev–Trinajstić information content (AvgIpc) is 2.25. The molecule has 0 aliphatic rings. The smallest absolute Gasteiger partial charge is 0.312 e. The van der Waals surface area contributed by atoms with Crippen LogP contribution in [0.15, 0.2) is 24.3 Å². The summed E-state index contributed by atoms with van der Waals surface area (Å²) in [6.07, 6.45) is 0. The van der Waals surface area contributed by atoms with Gasteiger partial charge in [0.05, 0.1) is 0 Å². The van der Waals surface area contributed by atoms with E-state index in [1.165, 1.54) is 24.3 Å². The predicted octanol–water partition coefficient (Wildman–Crippen LogP) is 0.224. The van der Waals surface area contributed by atoms with Crippen molar-refractivity contribution in [1.29, 1.82) is 0 Å². The molecule has 0 saturated heterocycles. The minimum atomic E-state index is -0.643. The summed E-state index contributed by atoms with van der Waals surface area (Å²) in [6.45, 7) is 0.515. The van der Waals surface area contributed by atoms with Gasteiger partial charge in [-0.05, 0) is 24.3 Å². The average molecular weight is 225 g/mol. The number of halogens is 1. The molecule has 0 saturated carbocycles. The Morgan fingerprint density at radius 1 is 1.12 bits per heavy atom. The second kappa shape index (κ2) is 5.69. The van der Waals surface area contributed by atoms with E-state index in [2.05, 4.69) is 10.6 Å². The summed E-state index contributed by atoms with van der Waals surface area (Å²) < 4.78 is 12.6. The number of hydrogen-bond acceptors (Lipinski definition) is 2. The summed E-state index contributed by atoms with van der Waals surface area (Å²) in [6, 6.07) is 4.53. The number of hydrogen-bond donors (Lipinski definition) is 3. The van der Waals surface area contributed by atoms with Crippen LogP contribution in [-0.4, -0.2) is 25.0 Å². The third-order valence-corrected chi connectivity index (χ3v) is 1.82.